The van der Waals surface area contributed by atoms with Crippen molar-refractivity contribution >= 4 is 11.6 Å². The van der Waals surface area contributed by atoms with Gasteiger partial charge in [0.15, 0.2) is 0 Å². The van der Waals surface area contributed by atoms with Gasteiger partial charge >= 0.3 is 0 Å². The number of para-hydroxylation sites is 1. The molecule has 0 radical (unpaired) electrons. The molecule has 0 saturated carbocycles. The SMILES string of the molecule is Oc1c(Cl)cccc1[C@@H]1CCCCN1. The Balaban J connectivity index is 2.26. The molecule has 1 aliphatic rings. The van der Waals surface area contributed by atoms with Gasteiger partial charge < -0.3 is 10.4 Å². The Kier molecular flexibility index (Phi) is 2.94. The van der Waals surface area contributed by atoms with Crippen molar-refractivity contribution in [3.05, 3.63) is 28.8 Å². The summed E-state index contributed by atoms with van der Waals surface area (Å²) >= 11 is 5.86. The summed E-state index contributed by atoms with van der Waals surface area (Å²) in [6, 6.07) is 5.80. The number of aromatic hydroxyl groups is 1. The van der Waals surface area contributed by atoms with Crippen LogP contribution in [0.1, 0.15) is 30.9 Å². The third-order valence-electron chi connectivity index (χ3n) is 2.70. The lowest BCUT2D eigenvalue weighted by molar-refractivity contribution is 0.391. The van der Waals surface area contributed by atoms with Gasteiger partial charge in [0.05, 0.1) is 5.02 Å². The molecule has 2 nitrogen and oxygen atoms in total. The highest BCUT2D eigenvalue weighted by atomic mass is 35.5. The molecule has 0 spiro atoms. The van der Waals surface area contributed by atoms with Crippen molar-refractivity contribution < 1.29 is 5.11 Å². The van der Waals surface area contributed by atoms with Crippen LogP contribution in [0.4, 0.5) is 0 Å². The van der Waals surface area contributed by atoms with Crippen LogP contribution in [0.25, 0.3) is 0 Å². The second-order valence-corrected chi connectivity index (χ2v) is 4.09. The monoisotopic (exact) mass is 211 g/mol. The van der Waals surface area contributed by atoms with E-state index in [-0.39, 0.29) is 11.8 Å². The summed E-state index contributed by atoms with van der Waals surface area (Å²) in [6.07, 6.45) is 3.51. The Morgan fingerprint density at radius 3 is 2.93 bits per heavy atom. The number of hydrogen-bond donors (Lipinski definition) is 2. The molecular formula is C11H14ClNO. The van der Waals surface area contributed by atoms with Crippen LogP contribution in [0.2, 0.25) is 5.02 Å². The van der Waals surface area contributed by atoms with Gasteiger partial charge in [-0.2, -0.15) is 0 Å². The van der Waals surface area contributed by atoms with E-state index in [2.05, 4.69) is 5.32 Å². The van der Waals surface area contributed by atoms with E-state index in [1.807, 2.05) is 12.1 Å². The third-order valence-corrected chi connectivity index (χ3v) is 3.01. The number of benzene rings is 1. The molecule has 1 atom stereocenters. The van der Waals surface area contributed by atoms with Gasteiger partial charge in [0.25, 0.3) is 0 Å². The van der Waals surface area contributed by atoms with Crippen LogP contribution in [0, 0.1) is 0 Å². The molecule has 0 bridgehead atoms. The van der Waals surface area contributed by atoms with Gasteiger partial charge in [-0.1, -0.05) is 30.2 Å². The number of halogens is 1. The molecule has 0 unspecified atom stereocenters. The van der Waals surface area contributed by atoms with Crippen molar-refractivity contribution in [2.45, 2.75) is 25.3 Å². The fourth-order valence-corrected chi connectivity index (χ4v) is 2.11. The maximum Gasteiger partial charge on any atom is 0.138 e. The first-order valence-corrected chi connectivity index (χ1v) is 5.37. The van der Waals surface area contributed by atoms with E-state index in [0.717, 1.165) is 18.5 Å². The van der Waals surface area contributed by atoms with E-state index in [1.54, 1.807) is 6.07 Å². The molecule has 0 aromatic heterocycles. The molecule has 2 rings (SSSR count). The van der Waals surface area contributed by atoms with Crippen molar-refractivity contribution in [2.75, 3.05) is 6.54 Å². The molecule has 1 fully saturated rings. The maximum atomic E-state index is 9.78. The minimum atomic E-state index is 0.230. The molecule has 1 saturated heterocycles. The fourth-order valence-electron chi connectivity index (χ4n) is 1.93. The molecule has 1 aromatic rings. The average Bonchev–Trinajstić information content (AvgIpc) is 2.23. The first-order valence-electron chi connectivity index (χ1n) is 5.00. The van der Waals surface area contributed by atoms with Gasteiger partial charge in [0, 0.05) is 11.6 Å². The normalized spacial score (nSPS) is 22.2. The van der Waals surface area contributed by atoms with Crippen LogP contribution >= 0.6 is 11.6 Å². The van der Waals surface area contributed by atoms with E-state index in [1.165, 1.54) is 12.8 Å². The number of rotatable bonds is 1. The van der Waals surface area contributed by atoms with Crippen molar-refractivity contribution in [2.24, 2.45) is 0 Å². The maximum absolute atomic E-state index is 9.78. The molecule has 1 heterocycles. The van der Waals surface area contributed by atoms with E-state index in [0.29, 0.717) is 5.02 Å². The number of piperidine rings is 1. The zero-order valence-corrected chi connectivity index (χ0v) is 8.72. The third kappa shape index (κ3) is 1.86. The van der Waals surface area contributed by atoms with Crippen LogP contribution in [0.5, 0.6) is 5.75 Å². The molecule has 3 heteroatoms. The minimum absolute atomic E-state index is 0.230. The van der Waals surface area contributed by atoms with Gasteiger partial charge in [-0.25, -0.2) is 0 Å². The predicted molar refractivity (Wildman–Crippen MR) is 57.7 cm³/mol. The van der Waals surface area contributed by atoms with E-state index < -0.39 is 0 Å². The minimum Gasteiger partial charge on any atom is -0.506 e. The molecule has 14 heavy (non-hydrogen) atoms. The summed E-state index contributed by atoms with van der Waals surface area (Å²) in [5, 5.41) is 13.6. The molecular weight excluding hydrogens is 198 g/mol. The van der Waals surface area contributed by atoms with Crippen molar-refractivity contribution in [3.8, 4) is 5.75 Å². The van der Waals surface area contributed by atoms with E-state index >= 15 is 0 Å². The second-order valence-electron chi connectivity index (χ2n) is 3.68. The largest absolute Gasteiger partial charge is 0.506 e. The number of nitrogens with one attached hydrogen (secondary N) is 1. The van der Waals surface area contributed by atoms with Crippen molar-refractivity contribution in [1.29, 1.82) is 0 Å². The molecule has 1 aromatic carbocycles. The summed E-state index contributed by atoms with van der Waals surface area (Å²) < 4.78 is 0. The zero-order chi connectivity index (χ0) is 9.97. The van der Waals surface area contributed by atoms with Gasteiger partial charge in [0.1, 0.15) is 5.75 Å². The van der Waals surface area contributed by atoms with Crippen LogP contribution in [0.15, 0.2) is 18.2 Å². The van der Waals surface area contributed by atoms with E-state index in [4.69, 9.17) is 11.6 Å². The van der Waals surface area contributed by atoms with Gasteiger partial charge in [-0.3, -0.25) is 0 Å². The standard InChI is InChI=1S/C11H14ClNO/c12-9-5-3-4-8(11(9)14)10-6-1-2-7-13-10/h3-5,10,13-14H,1-2,6-7H2/t10-/m0/s1. The lowest BCUT2D eigenvalue weighted by Crippen LogP contribution is -2.26. The predicted octanol–water partition coefficient (Wildman–Crippen LogP) is 2.86. The summed E-state index contributed by atoms with van der Waals surface area (Å²) in [7, 11) is 0. The Morgan fingerprint density at radius 1 is 1.36 bits per heavy atom. The van der Waals surface area contributed by atoms with Crippen LogP contribution in [0.3, 0.4) is 0 Å². The van der Waals surface area contributed by atoms with Crippen molar-refractivity contribution in [3.63, 3.8) is 0 Å². The summed E-state index contributed by atoms with van der Waals surface area (Å²) in [6.45, 7) is 1.02. The topological polar surface area (TPSA) is 32.3 Å². The van der Waals surface area contributed by atoms with E-state index in [9.17, 15) is 5.11 Å². The lowest BCUT2D eigenvalue weighted by Gasteiger charge is -2.24. The highest BCUT2D eigenvalue weighted by Gasteiger charge is 2.18. The molecule has 0 aliphatic carbocycles. The van der Waals surface area contributed by atoms with Crippen LogP contribution in [-0.2, 0) is 0 Å². The fraction of sp³-hybridized carbons (Fsp3) is 0.455. The highest BCUT2D eigenvalue weighted by molar-refractivity contribution is 6.32. The molecule has 0 amide bonds. The Bertz CT molecular complexity index is 321. The molecule has 1 aliphatic heterocycles. The Labute approximate surface area is 88.9 Å². The summed E-state index contributed by atoms with van der Waals surface area (Å²) in [5.41, 5.74) is 0.928. The number of hydrogen-bond acceptors (Lipinski definition) is 2. The summed E-state index contributed by atoms with van der Waals surface area (Å²) in [5.74, 6) is 0.230. The Hall–Kier alpha value is -0.730. The quantitative estimate of drug-likeness (QED) is 0.749. The van der Waals surface area contributed by atoms with Crippen LogP contribution < -0.4 is 5.32 Å². The smallest absolute Gasteiger partial charge is 0.138 e. The molecule has 2 N–H and O–H groups in total. The highest BCUT2D eigenvalue weighted by Crippen LogP contribution is 2.34. The zero-order valence-electron chi connectivity index (χ0n) is 7.96. The van der Waals surface area contributed by atoms with Crippen LogP contribution in [-0.4, -0.2) is 11.7 Å². The first-order chi connectivity index (χ1) is 6.79. The first kappa shape index (κ1) is 9.81. The summed E-state index contributed by atoms with van der Waals surface area (Å²) in [4.78, 5) is 0. The second kappa shape index (κ2) is 4.20. The molecule has 76 valence electrons. The van der Waals surface area contributed by atoms with Gasteiger partial charge in [-0.15, -0.1) is 0 Å². The van der Waals surface area contributed by atoms with Crippen molar-refractivity contribution in [1.82, 2.24) is 5.32 Å². The Morgan fingerprint density at radius 2 is 2.21 bits per heavy atom. The lowest BCUT2D eigenvalue weighted by atomic mass is 9.97. The number of phenolic OH excluding ortho intramolecular Hbond substituents is 1. The van der Waals surface area contributed by atoms with Gasteiger partial charge in [-0.05, 0) is 25.5 Å². The number of phenols is 1. The average molecular weight is 212 g/mol. The van der Waals surface area contributed by atoms with Gasteiger partial charge in [0.2, 0.25) is 0 Å².